The van der Waals surface area contributed by atoms with Crippen LogP contribution < -0.4 is 15.0 Å². The van der Waals surface area contributed by atoms with E-state index >= 15 is 0 Å². The van der Waals surface area contributed by atoms with Gasteiger partial charge in [0.15, 0.2) is 0 Å². The SMILES string of the molecule is COc1ccc(S(=O)(=O)NNC(=O)[C@H]2CC(c3cccnc3)=NO2)cc1. The van der Waals surface area contributed by atoms with E-state index in [0.717, 1.165) is 5.56 Å². The molecule has 0 saturated carbocycles. The Morgan fingerprint density at radius 3 is 2.69 bits per heavy atom. The number of ether oxygens (including phenoxy) is 1. The van der Waals surface area contributed by atoms with Crippen molar-refractivity contribution in [2.24, 2.45) is 5.16 Å². The van der Waals surface area contributed by atoms with Crippen LogP contribution in [0.2, 0.25) is 0 Å². The van der Waals surface area contributed by atoms with Crippen molar-refractivity contribution in [1.29, 1.82) is 0 Å². The number of rotatable bonds is 6. The summed E-state index contributed by atoms with van der Waals surface area (Å²) in [5, 5.41) is 3.85. The third-order valence-corrected chi connectivity index (χ3v) is 4.90. The number of carbonyl (C=O) groups excluding carboxylic acids is 1. The second-order valence-corrected chi connectivity index (χ2v) is 7.03. The van der Waals surface area contributed by atoms with Gasteiger partial charge in [0.25, 0.3) is 15.9 Å². The fourth-order valence-corrected chi connectivity index (χ4v) is 3.08. The number of nitrogens with zero attached hydrogens (tertiary/aromatic N) is 2. The number of pyridine rings is 1. The summed E-state index contributed by atoms with van der Waals surface area (Å²) in [5.74, 6) is -0.128. The fourth-order valence-electron chi connectivity index (χ4n) is 2.23. The summed E-state index contributed by atoms with van der Waals surface area (Å²) >= 11 is 0. The number of sulfonamides is 1. The molecule has 2 aromatic rings. The highest BCUT2D eigenvalue weighted by molar-refractivity contribution is 7.89. The van der Waals surface area contributed by atoms with Crippen molar-refractivity contribution in [3.63, 3.8) is 0 Å². The van der Waals surface area contributed by atoms with Crippen LogP contribution in [0.3, 0.4) is 0 Å². The zero-order chi connectivity index (χ0) is 18.6. The van der Waals surface area contributed by atoms with E-state index in [1.807, 2.05) is 4.83 Å². The zero-order valence-electron chi connectivity index (χ0n) is 13.7. The lowest BCUT2D eigenvalue weighted by atomic mass is 10.1. The van der Waals surface area contributed by atoms with Gasteiger partial charge in [0.2, 0.25) is 6.10 Å². The number of benzene rings is 1. The summed E-state index contributed by atoms with van der Waals surface area (Å²) in [6.45, 7) is 0. The molecular weight excluding hydrogens is 360 g/mol. The maximum atomic E-state index is 12.2. The Bertz CT molecular complexity index is 913. The molecule has 1 aromatic heterocycles. The minimum absolute atomic E-state index is 0.0155. The van der Waals surface area contributed by atoms with E-state index in [-0.39, 0.29) is 11.3 Å². The molecule has 9 nitrogen and oxygen atoms in total. The average molecular weight is 376 g/mol. The second kappa shape index (κ2) is 7.50. The minimum Gasteiger partial charge on any atom is -0.497 e. The first kappa shape index (κ1) is 17.8. The summed E-state index contributed by atoms with van der Waals surface area (Å²) in [6.07, 6.45) is 2.51. The fraction of sp³-hybridized carbons (Fsp3) is 0.188. The Hall–Kier alpha value is -2.98. The number of methoxy groups -OCH3 is 1. The number of oxime groups is 1. The number of hydrogen-bond donors (Lipinski definition) is 2. The van der Waals surface area contributed by atoms with Crippen molar-refractivity contribution >= 4 is 21.6 Å². The molecule has 0 unspecified atom stereocenters. The molecule has 136 valence electrons. The lowest BCUT2D eigenvalue weighted by molar-refractivity contribution is -0.131. The average Bonchev–Trinajstić information content (AvgIpc) is 3.17. The molecule has 1 aliphatic rings. The molecule has 0 bridgehead atoms. The summed E-state index contributed by atoms with van der Waals surface area (Å²) in [4.78, 5) is 23.2. The van der Waals surface area contributed by atoms with Crippen LogP contribution in [0, 0.1) is 0 Å². The molecule has 2 heterocycles. The van der Waals surface area contributed by atoms with Crippen LogP contribution in [0.15, 0.2) is 58.8 Å². The van der Waals surface area contributed by atoms with Crippen molar-refractivity contribution in [1.82, 2.24) is 15.2 Å². The van der Waals surface area contributed by atoms with E-state index in [0.29, 0.717) is 11.5 Å². The molecule has 1 atom stereocenters. The molecular formula is C16H16N4O5S. The first-order chi connectivity index (χ1) is 12.5. The number of hydrazine groups is 1. The predicted molar refractivity (Wildman–Crippen MR) is 91.7 cm³/mol. The summed E-state index contributed by atoms with van der Waals surface area (Å²) in [7, 11) is -2.44. The van der Waals surface area contributed by atoms with Crippen LogP contribution in [-0.2, 0) is 19.7 Å². The Kier molecular flexibility index (Phi) is 5.14. The maximum Gasteiger partial charge on any atom is 0.279 e. The highest BCUT2D eigenvalue weighted by Crippen LogP contribution is 2.17. The van der Waals surface area contributed by atoms with E-state index in [1.54, 1.807) is 24.5 Å². The van der Waals surface area contributed by atoms with Crippen LogP contribution >= 0.6 is 0 Å². The lowest BCUT2D eigenvalue weighted by Crippen LogP contribution is -2.46. The molecule has 0 saturated heterocycles. The topological polar surface area (TPSA) is 119 Å². The van der Waals surface area contributed by atoms with Gasteiger partial charge >= 0.3 is 0 Å². The van der Waals surface area contributed by atoms with E-state index in [4.69, 9.17) is 9.57 Å². The molecule has 1 amide bonds. The van der Waals surface area contributed by atoms with Crippen LogP contribution in [0.5, 0.6) is 5.75 Å². The molecule has 0 radical (unpaired) electrons. The minimum atomic E-state index is -3.92. The molecule has 3 rings (SSSR count). The molecule has 26 heavy (non-hydrogen) atoms. The van der Waals surface area contributed by atoms with Gasteiger partial charge in [-0.05, 0) is 36.4 Å². The summed E-state index contributed by atoms with van der Waals surface area (Å²) in [5.41, 5.74) is 3.45. The monoisotopic (exact) mass is 376 g/mol. The van der Waals surface area contributed by atoms with Gasteiger partial charge < -0.3 is 9.57 Å². The highest BCUT2D eigenvalue weighted by Gasteiger charge is 2.30. The van der Waals surface area contributed by atoms with E-state index in [1.165, 1.54) is 31.4 Å². The highest BCUT2D eigenvalue weighted by atomic mass is 32.2. The third kappa shape index (κ3) is 3.98. The molecule has 2 N–H and O–H groups in total. The zero-order valence-corrected chi connectivity index (χ0v) is 14.6. The second-order valence-electron chi connectivity index (χ2n) is 5.35. The van der Waals surface area contributed by atoms with Gasteiger partial charge in [-0.2, -0.15) is 0 Å². The van der Waals surface area contributed by atoms with Crippen LogP contribution in [0.4, 0.5) is 0 Å². The lowest BCUT2D eigenvalue weighted by Gasteiger charge is -2.11. The van der Waals surface area contributed by atoms with Crippen LogP contribution in [-0.4, -0.2) is 38.2 Å². The molecule has 10 heteroatoms. The molecule has 1 aliphatic heterocycles. The third-order valence-electron chi connectivity index (χ3n) is 3.63. The predicted octanol–water partition coefficient (Wildman–Crippen LogP) is 0.593. The quantitative estimate of drug-likeness (QED) is 0.713. The number of hydrogen-bond acceptors (Lipinski definition) is 7. The van der Waals surface area contributed by atoms with Crippen molar-refractivity contribution < 1.29 is 22.8 Å². The Morgan fingerprint density at radius 2 is 2.04 bits per heavy atom. The van der Waals surface area contributed by atoms with Gasteiger partial charge in [0.1, 0.15) is 5.75 Å². The van der Waals surface area contributed by atoms with Crippen molar-refractivity contribution in [2.45, 2.75) is 17.4 Å². The Balaban J connectivity index is 1.57. The first-order valence-corrected chi connectivity index (χ1v) is 9.07. The van der Waals surface area contributed by atoms with Gasteiger partial charge in [0.05, 0.1) is 17.7 Å². The smallest absolute Gasteiger partial charge is 0.279 e. The Morgan fingerprint density at radius 1 is 1.27 bits per heavy atom. The van der Waals surface area contributed by atoms with Gasteiger partial charge in [-0.3, -0.25) is 15.2 Å². The number of nitrogens with one attached hydrogen (secondary N) is 2. The van der Waals surface area contributed by atoms with Crippen LogP contribution in [0.1, 0.15) is 12.0 Å². The van der Waals surface area contributed by atoms with Crippen molar-refractivity contribution in [2.75, 3.05) is 7.11 Å². The first-order valence-electron chi connectivity index (χ1n) is 7.58. The maximum absolute atomic E-state index is 12.2. The molecule has 1 aromatic carbocycles. The largest absolute Gasteiger partial charge is 0.497 e. The number of carbonyl (C=O) groups is 1. The van der Waals surface area contributed by atoms with Crippen LogP contribution in [0.25, 0.3) is 0 Å². The molecule has 0 spiro atoms. The molecule has 0 aliphatic carbocycles. The molecule has 0 fully saturated rings. The van der Waals surface area contributed by atoms with E-state index in [2.05, 4.69) is 15.6 Å². The van der Waals surface area contributed by atoms with Gasteiger partial charge in [-0.15, -0.1) is 4.83 Å². The summed E-state index contributed by atoms with van der Waals surface area (Å²) < 4.78 is 29.4. The van der Waals surface area contributed by atoms with Gasteiger partial charge in [-0.25, -0.2) is 8.42 Å². The van der Waals surface area contributed by atoms with Gasteiger partial charge in [0, 0.05) is 24.4 Å². The Labute approximate surface area is 150 Å². The van der Waals surface area contributed by atoms with E-state index in [9.17, 15) is 13.2 Å². The van der Waals surface area contributed by atoms with Gasteiger partial charge in [-0.1, -0.05) is 5.16 Å². The number of amides is 1. The van der Waals surface area contributed by atoms with Crippen molar-refractivity contribution in [3.05, 3.63) is 54.4 Å². The standard InChI is InChI=1S/C16H16N4O5S/c1-24-12-4-6-13(7-5-12)26(22,23)20-18-16(21)15-9-14(19-25-15)11-3-2-8-17-10-11/h2-8,10,15,20H,9H2,1H3,(H,18,21)/t15-/m1/s1. The normalized spacial score (nSPS) is 16.5. The van der Waals surface area contributed by atoms with E-state index < -0.39 is 22.0 Å². The van der Waals surface area contributed by atoms with Crippen molar-refractivity contribution in [3.8, 4) is 5.75 Å². The summed E-state index contributed by atoms with van der Waals surface area (Å²) in [6, 6.07) is 9.27. The number of aromatic nitrogens is 1.